The molecule has 0 bridgehead atoms. The van der Waals surface area contributed by atoms with Gasteiger partial charge in [0.25, 0.3) is 0 Å². The van der Waals surface area contributed by atoms with E-state index in [0.29, 0.717) is 0 Å². The van der Waals surface area contributed by atoms with Crippen LogP contribution in [0.2, 0.25) is 0 Å². The third kappa shape index (κ3) is 2.16. The summed E-state index contributed by atoms with van der Waals surface area (Å²) < 4.78 is 10.6. The summed E-state index contributed by atoms with van der Waals surface area (Å²) in [5, 5.41) is 0. The Morgan fingerprint density at radius 2 is 2.17 bits per heavy atom. The first-order valence-corrected chi connectivity index (χ1v) is 3.36. The van der Waals surface area contributed by atoms with E-state index in [1.165, 1.54) is 30.4 Å². The number of hydrogen-bond donors (Lipinski definition) is 0. The zero-order valence-corrected chi connectivity index (χ0v) is 6.64. The van der Waals surface area contributed by atoms with Crippen molar-refractivity contribution in [3.63, 3.8) is 0 Å². The van der Waals surface area contributed by atoms with Crippen LogP contribution in [0.5, 0.6) is 0 Å². The third-order valence-corrected chi connectivity index (χ3v) is 1.20. The van der Waals surface area contributed by atoms with Crippen molar-refractivity contribution in [3.05, 3.63) is 37.1 Å². The van der Waals surface area contributed by atoms with E-state index in [-0.39, 0.29) is 0 Å². The van der Waals surface area contributed by atoms with Crippen molar-refractivity contribution in [3.8, 4) is 0 Å². The summed E-state index contributed by atoms with van der Waals surface area (Å²) in [4.78, 5) is 11.0. The minimum Gasteiger partial charge on any atom is -0.471 e. The highest BCUT2D eigenvalue weighted by Crippen LogP contribution is 1.88. The molecule has 0 aliphatic heterocycles. The van der Waals surface area contributed by atoms with E-state index < -0.39 is 6.09 Å². The lowest BCUT2D eigenvalue weighted by Gasteiger charge is -1.98. The maximum absolute atomic E-state index is 11.0. The van der Waals surface area contributed by atoms with E-state index in [9.17, 15) is 4.79 Å². The number of aromatic nitrogens is 1. The first-order valence-electron chi connectivity index (χ1n) is 3.36. The van der Waals surface area contributed by atoms with Gasteiger partial charge in [0.1, 0.15) is 6.26 Å². The summed E-state index contributed by atoms with van der Waals surface area (Å²) >= 11 is 0. The van der Waals surface area contributed by atoms with Crippen LogP contribution in [0.1, 0.15) is 0 Å². The van der Waals surface area contributed by atoms with Gasteiger partial charge in [0.05, 0.1) is 19.6 Å². The van der Waals surface area contributed by atoms with Crippen LogP contribution in [-0.4, -0.2) is 17.8 Å². The molecule has 0 aliphatic rings. The van der Waals surface area contributed by atoms with Gasteiger partial charge in [0, 0.05) is 6.20 Å². The predicted octanol–water partition coefficient (Wildman–Crippen LogP) is 1.82. The van der Waals surface area contributed by atoms with Gasteiger partial charge in [-0.25, -0.2) is 4.79 Å². The quantitative estimate of drug-likeness (QED) is 0.592. The van der Waals surface area contributed by atoms with Crippen molar-refractivity contribution in [2.45, 2.75) is 0 Å². The van der Waals surface area contributed by atoms with E-state index >= 15 is 0 Å². The molecule has 0 aliphatic carbocycles. The van der Waals surface area contributed by atoms with Crippen molar-refractivity contribution in [1.29, 1.82) is 0 Å². The molecule has 0 fully saturated rings. The van der Waals surface area contributed by atoms with Crippen LogP contribution in [0, 0.1) is 0 Å². The molecule has 1 aromatic heterocycles. The van der Waals surface area contributed by atoms with Gasteiger partial charge in [-0.1, -0.05) is 0 Å². The molecule has 1 heterocycles. The third-order valence-electron chi connectivity index (χ3n) is 1.20. The summed E-state index contributed by atoms with van der Waals surface area (Å²) in [5.74, 6) is 0. The van der Waals surface area contributed by atoms with Gasteiger partial charge in [-0.15, -0.1) is 0 Å². The largest absolute Gasteiger partial charge is 0.471 e. The van der Waals surface area contributed by atoms with Gasteiger partial charge in [-0.3, -0.25) is 4.57 Å². The van der Waals surface area contributed by atoms with Gasteiger partial charge < -0.3 is 9.15 Å². The van der Waals surface area contributed by atoms with Gasteiger partial charge >= 0.3 is 6.09 Å². The Bertz CT molecular complexity index is 279. The highest BCUT2D eigenvalue weighted by Gasteiger charge is 1.96. The molecule has 4 nitrogen and oxygen atoms in total. The Morgan fingerprint density at radius 1 is 1.33 bits per heavy atom. The fraction of sp³-hybridized carbons (Fsp3) is 0.125. The molecule has 1 rings (SSSR count). The van der Waals surface area contributed by atoms with Gasteiger partial charge in [0.2, 0.25) is 0 Å². The van der Waals surface area contributed by atoms with Crippen molar-refractivity contribution in [2.75, 3.05) is 7.11 Å². The lowest BCUT2D eigenvalue weighted by Crippen LogP contribution is -2.09. The molecule has 0 atom stereocenters. The topological polar surface area (TPSA) is 44.4 Å². The van der Waals surface area contributed by atoms with Crippen LogP contribution in [0.4, 0.5) is 4.79 Å². The van der Waals surface area contributed by atoms with Crippen LogP contribution < -0.4 is 0 Å². The Kier molecular flexibility index (Phi) is 2.95. The molecule has 12 heavy (non-hydrogen) atoms. The molecule has 0 radical (unpaired) electrons. The van der Waals surface area contributed by atoms with Gasteiger partial charge in [0.15, 0.2) is 0 Å². The molecule has 0 saturated heterocycles. The van der Waals surface area contributed by atoms with Crippen molar-refractivity contribution < 1.29 is 13.9 Å². The Morgan fingerprint density at radius 3 is 2.92 bits per heavy atom. The normalized spacial score (nSPS) is 8.75. The lowest BCUT2D eigenvalue weighted by molar-refractivity contribution is 0.172. The molecule has 0 N–H and O–H groups in total. The summed E-state index contributed by atoms with van der Waals surface area (Å²) in [6.45, 7) is 0. The van der Waals surface area contributed by atoms with Gasteiger partial charge in [-0.2, -0.15) is 0 Å². The summed E-state index contributed by atoms with van der Waals surface area (Å²) in [6.07, 6.45) is 5.47. The van der Waals surface area contributed by atoms with E-state index in [1.54, 1.807) is 18.3 Å². The van der Waals surface area contributed by atoms with Crippen molar-refractivity contribution >= 4 is 6.09 Å². The lowest BCUT2D eigenvalue weighted by atomic mass is 10.6. The van der Waals surface area contributed by atoms with E-state index in [2.05, 4.69) is 4.74 Å². The molecule has 64 valence electrons. The number of carbonyl (C=O) groups is 1. The SMILES string of the molecule is COC(=O)n1ccccocc1. The highest BCUT2D eigenvalue weighted by atomic mass is 16.5. The van der Waals surface area contributed by atoms with E-state index in [4.69, 9.17) is 4.42 Å². The minimum atomic E-state index is -0.457. The number of rotatable bonds is 0. The average Bonchev–Trinajstić information content (AvgIpc) is 2.02. The van der Waals surface area contributed by atoms with Crippen molar-refractivity contribution in [1.82, 2.24) is 4.57 Å². The second-order valence-corrected chi connectivity index (χ2v) is 1.97. The molecule has 0 amide bonds. The first-order chi connectivity index (χ1) is 5.84. The predicted molar refractivity (Wildman–Crippen MR) is 42.1 cm³/mol. The van der Waals surface area contributed by atoms with Crippen LogP contribution in [0.15, 0.2) is 41.5 Å². The molecular weight excluding hydrogens is 158 g/mol. The molecule has 0 saturated carbocycles. The summed E-state index contributed by atoms with van der Waals surface area (Å²) in [7, 11) is 1.32. The standard InChI is InChI=1S/C8H9NO3/c1-11-8(10)9-4-2-3-6-12-7-5-9/h2-7H,1H3. The Labute approximate surface area is 69.7 Å². The number of nitrogens with zero attached hydrogens (tertiary/aromatic N) is 1. The fourth-order valence-electron chi connectivity index (χ4n) is 0.656. The molecule has 0 aromatic carbocycles. The van der Waals surface area contributed by atoms with Crippen LogP contribution >= 0.6 is 0 Å². The second-order valence-electron chi connectivity index (χ2n) is 1.97. The average molecular weight is 167 g/mol. The maximum atomic E-state index is 11.0. The van der Waals surface area contributed by atoms with E-state index in [1.807, 2.05) is 0 Å². The summed E-state index contributed by atoms with van der Waals surface area (Å²) in [5.41, 5.74) is 0. The van der Waals surface area contributed by atoms with Crippen LogP contribution in [0.25, 0.3) is 0 Å². The summed E-state index contributed by atoms with van der Waals surface area (Å²) in [6, 6.07) is 3.33. The van der Waals surface area contributed by atoms with E-state index in [0.717, 1.165) is 0 Å². The maximum Gasteiger partial charge on any atom is 0.417 e. The zero-order valence-electron chi connectivity index (χ0n) is 6.64. The Hall–Kier alpha value is -1.71. The second kappa shape index (κ2) is 4.23. The number of methoxy groups -OCH3 is 1. The smallest absolute Gasteiger partial charge is 0.417 e. The van der Waals surface area contributed by atoms with Crippen molar-refractivity contribution in [2.24, 2.45) is 0 Å². The zero-order chi connectivity index (χ0) is 8.81. The molecule has 1 aromatic rings. The fourth-order valence-corrected chi connectivity index (χ4v) is 0.656. The molecule has 0 unspecified atom stereocenters. The van der Waals surface area contributed by atoms with Crippen LogP contribution in [-0.2, 0) is 4.74 Å². The number of ether oxygens (including phenoxy) is 1. The van der Waals surface area contributed by atoms with Crippen LogP contribution in [0.3, 0.4) is 0 Å². The highest BCUT2D eigenvalue weighted by molar-refractivity contribution is 5.69. The van der Waals surface area contributed by atoms with Gasteiger partial charge in [-0.05, 0) is 12.1 Å². The number of hydrogen-bond acceptors (Lipinski definition) is 3. The molecule has 4 heteroatoms. The number of carbonyl (C=O) groups excluding carboxylic acids is 1. The molecule has 0 spiro atoms. The minimum absolute atomic E-state index is 0.457. The molecular formula is C8H9NO3. The monoisotopic (exact) mass is 167 g/mol. The first kappa shape index (κ1) is 8.39. The Balaban J connectivity index is 3.03.